The van der Waals surface area contributed by atoms with Gasteiger partial charge in [0.15, 0.2) is 0 Å². The SMILES string of the molecule is c1cnc(-c2cnc(N3CCOCC3)nc2C2CC2)cn1. The maximum absolute atomic E-state index is 5.39. The van der Waals surface area contributed by atoms with Gasteiger partial charge in [0, 0.05) is 43.2 Å². The monoisotopic (exact) mass is 283 g/mol. The molecular weight excluding hydrogens is 266 g/mol. The van der Waals surface area contributed by atoms with E-state index in [4.69, 9.17) is 9.72 Å². The Balaban J connectivity index is 1.71. The molecule has 1 saturated carbocycles. The zero-order chi connectivity index (χ0) is 14.1. The first-order chi connectivity index (χ1) is 10.4. The third-order valence-electron chi connectivity index (χ3n) is 3.90. The summed E-state index contributed by atoms with van der Waals surface area (Å²) in [5.74, 6) is 1.36. The van der Waals surface area contributed by atoms with Crippen LogP contribution in [0.2, 0.25) is 0 Å². The average Bonchev–Trinajstić information content (AvgIpc) is 3.41. The van der Waals surface area contributed by atoms with Crippen molar-refractivity contribution < 1.29 is 4.74 Å². The van der Waals surface area contributed by atoms with Gasteiger partial charge in [-0.2, -0.15) is 0 Å². The largest absolute Gasteiger partial charge is 0.378 e. The Hall–Kier alpha value is -2.08. The summed E-state index contributed by atoms with van der Waals surface area (Å²) in [5.41, 5.74) is 2.99. The highest BCUT2D eigenvalue weighted by Gasteiger charge is 2.30. The van der Waals surface area contributed by atoms with Gasteiger partial charge in [0.2, 0.25) is 5.95 Å². The molecule has 0 N–H and O–H groups in total. The van der Waals surface area contributed by atoms with Gasteiger partial charge >= 0.3 is 0 Å². The molecule has 1 aliphatic carbocycles. The Bertz CT molecular complexity index is 623. The van der Waals surface area contributed by atoms with Crippen molar-refractivity contribution in [3.05, 3.63) is 30.5 Å². The lowest BCUT2D eigenvalue weighted by molar-refractivity contribution is 0.122. The van der Waals surface area contributed by atoms with Gasteiger partial charge in [0.05, 0.1) is 30.8 Å². The van der Waals surface area contributed by atoms with Crippen molar-refractivity contribution in [2.24, 2.45) is 0 Å². The molecule has 21 heavy (non-hydrogen) atoms. The number of hydrogen-bond donors (Lipinski definition) is 0. The van der Waals surface area contributed by atoms with E-state index in [1.54, 1.807) is 18.6 Å². The Morgan fingerprint density at radius 2 is 1.90 bits per heavy atom. The molecule has 1 aliphatic heterocycles. The number of ether oxygens (including phenoxy) is 1. The molecule has 4 rings (SSSR count). The summed E-state index contributed by atoms with van der Waals surface area (Å²) in [6.45, 7) is 3.20. The molecule has 0 aromatic carbocycles. The van der Waals surface area contributed by atoms with Crippen molar-refractivity contribution in [2.75, 3.05) is 31.2 Å². The quantitative estimate of drug-likeness (QED) is 0.853. The lowest BCUT2D eigenvalue weighted by Crippen LogP contribution is -2.37. The Morgan fingerprint density at radius 3 is 2.62 bits per heavy atom. The zero-order valence-corrected chi connectivity index (χ0v) is 11.8. The number of aromatic nitrogens is 4. The van der Waals surface area contributed by atoms with E-state index in [1.807, 2.05) is 6.20 Å². The Labute approximate surface area is 123 Å². The number of nitrogens with zero attached hydrogens (tertiary/aromatic N) is 5. The standard InChI is InChI=1S/C15H17N5O/c1-2-11(1)14-12(13-10-16-3-4-17-13)9-18-15(19-14)20-5-7-21-8-6-20/h3-4,9-11H,1-2,5-8H2. The molecule has 0 unspecified atom stereocenters. The Kier molecular flexibility index (Phi) is 3.23. The first-order valence-electron chi connectivity index (χ1n) is 7.38. The second kappa shape index (κ2) is 5.37. The van der Waals surface area contributed by atoms with Gasteiger partial charge in [0.25, 0.3) is 0 Å². The van der Waals surface area contributed by atoms with Crippen molar-refractivity contribution in [1.29, 1.82) is 0 Å². The fourth-order valence-corrected chi connectivity index (χ4v) is 2.60. The molecule has 0 atom stereocenters. The van der Waals surface area contributed by atoms with E-state index < -0.39 is 0 Å². The zero-order valence-electron chi connectivity index (χ0n) is 11.8. The van der Waals surface area contributed by atoms with Crippen LogP contribution in [0.5, 0.6) is 0 Å². The topological polar surface area (TPSA) is 64.0 Å². The summed E-state index contributed by atoms with van der Waals surface area (Å²) >= 11 is 0. The number of anilines is 1. The minimum atomic E-state index is 0.546. The van der Waals surface area contributed by atoms with Crippen molar-refractivity contribution in [3.8, 4) is 11.3 Å². The number of rotatable bonds is 3. The van der Waals surface area contributed by atoms with Gasteiger partial charge in [-0.15, -0.1) is 0 Å². The van der Waals surface area contributed by atoms with E-state index in [0.29, 0.717) is 5.92 Å². The van der Waals surface area contributed by atoms with E-state index in [9.17, 15) is 0 Å². The summed E-state index contributed by atoms with van der Waals surface area (Å²) in [4.78, 5) is 20.1. The van der Waals surface area contributed by atoms with Crippen LogP contribution in [0.1, 0.15) is 24.5 Å². The molecule has 6 heteroatoms. The highest BCUT2D eigenvalue weighted by molar-refractivity contribution is 5.62. The van der Waals surface area contributed by atoms with Crippen LogP contribution in [-0.2, 0) is 4.74 Å². The molecule has 108 valence electrons. The van der Waals surface area contributed by atoms with Gasteiger partial charge in [-0.3, -0.25) is 9.97 Å². The minimum Gasteiger partial charge on any atom is -0.378 e. The maximum atomic E-state index is 5.39. The van der Waals surface area contributed by atoms with Crippen LogP contribution in [0.3, 0.4) is 0 Å². The fourth-order valence-electron chi connectivity index (χ4n) is 2.60. The van der Waals surface area contributed by atoms with Crippen LogP contribution in [0, 0.1) is 0 Å². The summed E-state index contributed by atoms with van der Waals surface area (Å²) < 4.78 is 5.39. The van der Waals surface area contributed by atoms with Crippen LogP contribution < -0.4 is 4.90 Å². The summed E-state index contributed by atoms with van der Waals surface area (Å²) in [6.07, 6.45) is 9.47. The normalized spacial score (nSPS) is 18.8. The minimum absolute atomic E-state index is 0.546. The van der Waals surface area contributed by atoms with E-state index in [0.717, 1.165) is 49.2 Å². The van der Waals surface area contributed by atoms with E-state index in [-0.39, 0.29) is 0 Å². The first kappa shape index (κ1) is 12.6. The van der Waals surface area contributed by atoms with Crippen LogP contribution in [0.25, 0.3) is 11.3 Å². The van der Waals surface area contributed by atoms with Crippen molar-refractivity contribution in [2.45, 2.75) is 18.8 Å². The van der Waals surface area contributed by atoms with Crippen molar-refractivity contribution in [3.63, 3.8) is 0 Å². The van der Waals surface area contributed by atoms with Gasteiger partial charge in [-0.25, -0.2) is 9.97 Å². The lowest BCUT2D eigenvalue weighted by Gasteiger charge is -2.27. The van der Waals surface area contributed by atoms with E-state index in [1.165, 1.54) is 12.8 Å². The smallest absolute Gasteiger partial charge is 0.225 e. The molecule has 0 spiro atoms. The van der Waals surface area contributed by atoms with E-state index >= 15 is 0 Å². The third-order valence-corrected chi connectivity index (χ3v) is 3.90. The number of hydrogen-bond acceptors (Lipinski definition) is 6. The fraction of sp³-hybridized carbons (Fsp3) is 0.467. The van der Waals surface area contributed by atoms with Crippen molar-refractivity contribution in [1.82, 2.24) is 19.9 Å². The van der Waals surface area contributed by atoms with Gasteiger partial charge in [-0.05, 0) is 12.8 Å². The average molecular weight is 283 g/mol. The summed E-state index contributed by atoms with van der Waals surface area (Å²) in [7, 11) is 0. The van der Waals surface area contributed by atoms with Crippen LogP contribution in [-0.4, -0.2) is 46.2 Å². The first-order valence-corrected chi connectivity index (χ1v) is 7.38. The molecule has 0 bridgehead atoms. The van der Waals surface area contributed by atoms with Crippen LogP contribution >= 0.6 is 0 Å². The molecule has 2 aliphatic rings. The summed E-state index contributed by atoms with van der Waals surface area (Å²) in [5, 5.41) is 0. The van der Waals surface area contributed by atoms with E-state index in [2.05, 4.69) is 19.9 Å². The molecule has 1 saturated heterocycles. The molecule has 0 amide bonds. The predicted molar refractivity (Wildman–Crippen MR) is 78.1 cm³/mol. The third kappa shape index (κ3) is 2.58. The molecule has 3 heterocycles. The molecule has 6 nitrogen and oxygen atoms in total. The molecule has 0 radical (unpaired) electrons. The molecule has 2 fully saturated rings. The van der Waals surface area contributed by atoms with Gasteiger partial charge < -0.3 is 9.64 Å². The second-order valence-corrected chi connectivity index (χ2v) is 5.43. The van der Waals surface area contributed by atoms with Gasteiger partial charge in [-0.1, -0.05) is 0 Å². The molecular formula is C15H17N5O. The predicted octanol–water partition coefficient (Wildman–Crippen LogP) is 1.65. The van der Waals surface area contributed by atoms with Crippen LogP contribution in [0.15, 0.2) is 24.8 Å². The lowest BCUT2D eigenvalue weighted by atomic mass is 10.1. The van der Waals surface area contributed by atoms with Gasteiger partial charge in [0.1, 0.15) is 0 Å². The highest BCUT2D eigenvalue weighted by Crippen LogP contribution is 2.43. The summed E-state index contributed by atoms with van der Waals surface area (Å²) in [6, 6.07) is 0. The van der Waals surface area contributed by atoms with Crippen molar-refractivity contribution >= 4 is 5.95 Å². The Morgan fingerprint density at radius 1 is 1.05 bits per heavy atom. The number of morpholine rings is 1. The molecule has 2 aromatic rings. The molecule has 2 aromatic heterocycles. The maximum Gasteiger partial charge on any atom is 0.225 e. The highest BCUT2D eigenvalue weighted by atomic mass is 16.5. The second-order valence-electron chi connectivity index (χ2n) is 5.43. The van der Waals surface area contributed by atoms with Crippen LogP contribution in [0.4, 0.5) is 5.95 Å².